The van der Waals surface area contributed by atoms with Crippen LogP contribution >= 0.6 is 12.2 Å². The molecule has 0 bridgehead atoms. The van der Waals surface area contributed by atoms with Crippen molar-refractivity contribution in [3.63, 3.8) is 0 Å². The van der Waals surface area contributed by atoms with Crippen molar-refractivity contribution in [1.29, 1.82) is 0 Å². The number of allylic oxidation sites excluding steroid dienone is 1. The Balaban J connectivity index is 1.72. The van der Waals surface area contributed by atoms with Crippen molar-refractivity contribution < 1.29 is 19.1 Å². The molecule has 1 amide bonds. The lowest BCUT2D eigenvalue weighted by atomic mass is 9.95. The maximum atomic E-state index is 12.6. The predicted octanol–water partition coefficient (Wildman–Crippen LogP) is 2.88. The van der Waals surface area contributed by atoms with Crippen molar-refractivity contribution in [2.24, 2.45) is 5.10 Å². The minimum atomic E-state index is -0.587. The van der Waals surface area contributed by atoms with Crippen LogP contribution in [0.15, 0.2) is 64.9 Å². The van der Waals surface area contributed by atoms with E-state index >= 15 is 0 Å². The number of carbonyl (C=O) groups excluding carboxylic acids is 2. The first-order valence-corrected chi connectivity index (χ1v) is 10.9. The molecule has 0 aliphatic carbocycles. The van der Waals surface area contributed by atoms with Gasteiger partial charge < -0.3 is 20.1 Å². The number of thiocarbonyl (C=S) groups is 1. The van der Waals surface area contributed by atoms with Gasteiger partial charge >= 0.3 is 5.97 Å². The molecular weight excluding hydrogens is 440 g/mol. The van der Waals surface area contributed by atoms with Gasteiger partial charge in [0.25, 0.3) is 5.91 Å². The molecular formula is C24H26N4O4S. The topological polar surface area (TPSA) is 101 Å². The van der Waals surface area contributed by atoms with Crippen molar-refractivity contribution >= 4 is 35.4 Å². The van der Waals surface area contributed by atoms with E-state index in [-0.39, 0.29) is 13.2 Å². The van der Waals surface area contributed by atoms with Crippen LogP contribution in [0.1, 0.15) is 36.6 Å². The molecule has 8 nitrogen and oxygen atoms in total. The summed E-state index contributed by atoms with van der Waals surface area (Å²) in [5, 5.41) is 10.4. The Morgan fingerprint density at radius 2 is 1.97 bits per heavy atom. The normalized spacial score (nSPS) is 15.6. The number of ether oxygens (including phenoxy) is 2. The second-order valence-corrected chi connectivity index (χ2v) is 7.73. The molecule has 0 fully saturated rings. The average Bonchev–Trinajstić information content (AvgIpc) is 2.77. The highest BCUT2D eigenvalue weighted by atomic mass is 32.1. The van der Waals surface area contributed by atoms with Gasteiger partial charge in [-0.2, -0.15) is 5.10 Å². The summed E-state index contributed by atoms with van der Waals surface area (Å²) in [6, 6.07) is 14.3. The Morgan fingerprint density at radius 1 is 1.18 bits per heavy atom. The van der Waals surface area contributed by atoms with E-state index in [4.69, 9.17) is 21.7 Å². The number of hydrogen-bond donors (Lipinski definition) is 3. The van der Waals surface area contributed by atoms with Gasteiger partial charge in [0, 0.05) is 11.3 Å². The molecule has 0 spiro atoms. The van der Waals surface area contributed by atoms with Crippen LogP contribution in [0.5, 0.6) is 5.75 Å². The van der Waals surface area contributed by atoms with E-state index in [2.05, 4.69) is 21.2 Å². The number of carbonyl (C=O) groups is 2. The maximum Gasteiger partial charge on any atom is 0.338 e. The minimum absolute atomic E-state index is 0.244. The van der Waals surface area contributed by atoms with Crippen molar-refractivity contribution in [3.8, 4) is 5.75 Å². The summed E-state index contributed by atoms with van der Waals surface area (Å²) in [6.07, 6.45) is 1.57. The van der Waals surface area contributed by atoms with Gasteiger partial charge in [-0.1, -0.05) is 48.0 Å². The summed E-state index contributed by atoms with van der Waals surface area (Å²) in [7, 11) is 0. The van der Waals surface area contributed by atoms with Gasteiger partial charge in [0.2, 0.25) is 0 Å². The van der Waals surface area contributed by atoms with Crippen LogP contribution in [0, 0.1) is 6.92 Å². The molecule has 9 heteroatoms. The Labute approximate surface area is 198 Å². The van der Waals surface area contributed by atoms with Gasteiger partial charge in [0.05, 0.1) is 24.4 Å². The molecule has 0 saturated heterocycles. The number of hydrogen-bond acceptors (Lipinski definition) is 6. The summed E-state index contributed by atoms with van der Waals surface area (Å²) in [4.78, 5) is 24.9. The van der Waals surface area contributed by atoms with Crippen molar-refractivity contribution in [3.05, 3.63) is 76.5 Å². The molecule has 1 aliphatic rings. The third-order valence-corrected chi connectivity index (χ3v) is 5.02. The molecule has 1 heterocycles. The first kappa shape index (κ1) is 23.9. The van der Waals surface area contributed by atoms with E-state index in [0.29, 0.717) is 27.7 Å². The quantitative estimate of drug-likeness (QED) is 0.238. The highest BCUT2D eigenvalue weighted by Crippen LogP contribution is 2.33. The maximum absolute atomic E-state index is 12.6. The average molecular weight is 467 g/mol. The van der Waals surface area contributed by atoms with E-state index < -0.39 is 17.9 Å². The van der Waals surface area contributed by atoms with Crippen molar-refractivity contribution in [1.82, 2.24) is 16.1 Å². The molecule has 33 heavy (non-hydrogen) atoms. The zero-order chi connectivity index (χ0) is 23.8. The summed E-state index contributed by atoms with van der Waals surface area (Å²) in [5.41, 5.74) is 6.08. The van der Waals surface area contributed by atoms with E-state index in [1.165, 1.54) is 0 Å². The molecule has 172 valence electrons. The number of para-hydroxylation sites is 1. The molecule has 0 radical (unpaired) electrons. The summed E-state index contributed by atoms with van der Waals surface area (Å²) in [6.45, 7) is 5.47. The third-order valence-electron chi connectivity index (χ3n) is 4.80. The van der Waals surface area contributed by atoms with Crippen LogP contribution in [0.2, 0.25) is 0 Å². The van der Waals surface area contributed by atoms with Crippen molar-refractivity contribution in [2.75, 3.05) is 13.2 Å². The second kappa shape index (κ2) is 11.2. The number of rotatable bonds is 8. The lowest BCUT2D eigenvalue weighted by Gasteiger charge is -2.30. The number of nitrogens with one attached hydrogen (secondary N) is 3. The minimum Gasteiger partial charge on any atom is -0.483 e. The van der Waals surface area contributed by atoms with Gasteiger partial charge in [0.1, 0.15) is 5.75 Å². The molecule has 1 atom stereocenters. The number of hydrazone groups is 1. The van der Waals surface area contributed by atoms with E-state index in [0.717, 1.165) is 11.1 Å². The Hall–Kier alpha value is -3.72. The lowest BCUT2D eigenvalue weighted by Crippen LogP contribution is -2.45. The Morgan fingerprint density at radius 3 is 2.73 bits per heavy atom. The standard InChI is InChI=1S/C24H26N4O4S/c1-4-31-23(30)21-16(3)26-24(33)27-22(21)18-10-5-6-11-19(18)32-14-20(29)28-25-13-17-9-7-8-15(2)12-17/h5-13,22H,4,14H2,1-3H3,(H,28,29)(H2,26,27,33)/t22-/m0/s1. The van der Waals surface area contributed by atoms with Gasteiger partial charge in [0.15, 0.2) is 11.7 Å². The largest absolute Gasteiger partial charge is 0.483 e. The molecule has 2 aromatic rings. The molecule has 1 aliphatic heterocycles. The van der Waals surface area contributed by atoms with Crippen LogP contribution in [-0.4, -0.2) is 36.4 Å². The van der Waals surface area contributed by atoms with Gasteiger partial charge in [-0.05, 0) is 44.6 Å². The molecule has 0 aromatic heterocycles. The Kier molecular flexibility index (Phi) is 8.15. The number of aryl methyl sites for hydroxylation is 1. The highest BCUT2D eigenvalue weighted by molar-refractivity contribution is 7.80. The van der Waals surface area contributed by atoms with E-state index in [1.54, 1.807) is 38.3 Å². The number of benzene rings is 2. The third kappa shape index (κ3) is 6.39. The van der Waals surface area contributed by atoms with Crippen LogP contribution < -0.4 is 20.8 Å². The monoisotopic (exact) mass is 466 g/mol. The molecule has 3 N–H and O–H groups in total. The molecule has 0 saturated carbocycles. The summed E-state index contributed by atoms with van der Waals surface area (Å²) >= 11 is 5.28. The van der Waals surface area contributed by atoms with Gasteiger partial charge in [-0.25, -0.2) is 10.2 Å². The molecule has 3 rings (SSSR count). The zero-order valence-corrected chi connectivity index (χ0v) is 19.5. The van der Waals surface area contributed by atoms with Gasteiger partial charge in [-0.15, -0.1) is 0 Å². The van der Waals surface area contributed by atoms with Crippen LogP contribution in [-0.2, 0) is 14.3 Å². The fourth-order valence-electron chi connectivity index (χ4n) is 3.36. The summed E-state index contributed by atoms with van der Waals surface area (Å²) in [5.74, 6) is -0.438. The van der Waals surface area contributed by atoms with E-state index in [1.807, 2.05) is 37.3 Å². The first-order chi connectivity index (χ1) is 15.9. The van der Waals surface area contributed by atoms with Crippen LogP contribution in [0.4, 0.5) is 0 Å². The highest BCUT2D eigenvalue weighted by Gasteiger charge is 2.32. The molecule has 0 unspecified atom stereocenters. The number of nitrogens with zero attached hydrogens (tertiary/aromatic N) is 1. The van der Waals surface area contributed by atoms with Crippen molar-refractivity contribution in [2.45, 2.75) is 26.8 Å². The smallest absolute Gasteiger partial charge is 0.338 e. The molecule has 2 aromatic carbocycles. The van der Waals surface area contributed by atoms with Gasteiger partial charge in [-0.3, -0.25) is 4.79 Å². The van der Waals surface area contributed by atoms with Crippen LogP contribution in [0.3, 0.4) is 0 Å². The number of amides is 1. The lowest BCUT2D eigenvalue weighted by molar-refractivity contribution is -0.139. The fraction of sp³-hybridized carbons (Fsp3) is 0.250. The van der Waals surface area contributed by atoms with Crippen LogP contribution in [0.25, 0.3) is 0 Å². The SMILES string of the molecule is CCOC(=O)C1=C(C)NC(=S)N[C@H]1c1ccccc1OCC(=O)NN=Cc1cccc(C)c1. The Bertz CT molecular complexity index is 1110. The first-order valence-electron chi connectivity index (χ1n) is 10.4. The summed E-state index contributed by atoms with van der Waals surface area (Å²) < 4.78 is 11.0. The predicted molar refractivity (Wildman–Crippen MR) is 130 cm³/mol. The van der Waals surface area contributed by atoms with E-state index in [9.17, 15) is 9.59 Å². The second-order valence-electron chi connectivity index (χ2n) is 7.32. The zero-order valence-electron chi connectivity index (χ0n) is 18.7. The fourth-order valence-corrected chi connectivity index (χ4v) is 3.63. The number of esters is 1.